The van der Waals surface area contributed by atoms with E-state index >= 15 is 0 Å². The molecule has 2 unspecified atom stereocenters. The zero-order valence-corrected chi connectivity index (χ0v) is 16.4. The molecule has 0 aliphatic heterocycles. The Kier molecular flexibility index (Phi) is 11.8. The van der Waals surface area contributed by atoms with E-state index in [0.29, 0.717) is 0 Å². The van der Waals surface area contributed by atoms with Crippen LogP contribution in [0.15, 0.2) is 12.2 Å². The molecule has 0 heterocycles. The van der Waals surface area contributed by atoms with Crippen molar-refractivity contribution in [2.24, 2.45) is 5.92 Å². The van der Waals surface area contributed by atoms with E-state index in [1.165, 1.54) is 102 Å². The summed E-state index contributed by atoms with van der Waals surface area (Å²) < 4.78 is 0. The Bertz CT molecular complexity index is 296. The number of rotatable bonds is 14. The molecule has 1 saturated carbocycles. The van der Waals surface area contributed by atoms with E-state index in [1.807, 2.05) is 0 Å². The van der Waals surface area contributed by atoms with Gasteiger partial charge < -0.3 is 4.90 Å². The molecule has 1 rings (SSSR count). The van der Waals surface area contributed by atoms with E-state index in [2.05, 4.69) is 32.3 Å². The minimum absolute atomic E-state index is 0.898. The molecule has 1 fully saturated rings. The number of allylic oxidation sites excluding steroid dienone is 1. The van der Waals surface area contributed by atoms with E-state index in [-0.39, 0.29) is 0 Å². The van der Waals surface area contributed by atoms with Gasteiger partial charge in [0.05, 0.1) is 0 Å². The normalized spacial score (nSPS) is 21.2. The molecule has 1 heteroatoms. The van der Waals surface area contributed by atoms with E-state index in [4.69, 9.17) is 0 Å². The summed E-state index contributed by atoms with van der Waals surface area (Å²) >= 11 is 0. The van der Waals surface area contributed by atoms with Gasteiger partial charge in [0.2, 0.25) is 0 Å². The summed E-state index contributed by atoms with van der Waals surface area (Å²) in [4.78, 5) is 2.85. The lowest BCUT2D eigenvalue weighted by molar-refractivity contribution is 0.187. The highest BCUT2D eigenvalue weighted by molar-refractivity contribution is 4.87. The molecule has 0 saturated heterocycles. The maximum absolute atomic E-state index is 4.00. The second-order valence-electron chi connectivity index (χ2n) is 8.14. The molecular weight excluding hydrogens is 278 g/mol. The molecular formula is C22H43N. The third kappa shape index (κ3) is 10.2. The molecule has 1 nitrogen and oxygen atoms in total. The highest BCUT2D eigenvalue weighted by Crippen LogP contribution is 2.29. The predicted octanol–water partition coefficient (Wildman–Crippen LogP) is 6.97. The van der Waals surface area contributed by atoms with E-state index in [1.54, 1.807) is 0 Å². The van der Waals surface area contributed by atoms with Crippen molar-refractivity contribution < 1.29 is 0 Å². The van der Waals surface area contributed by atoms with Crippen molar-refractivity contribution in [1.29, 1.82) is 0 Å². The first-order chi connectivity index (χ1) is 11.1. The molecule has 0 N–H and O–H groups in total. The highest BCUT2D eigenvalue weighted by atomic mass is 15.2. The van der Waals surface area contributed by atoms with E-state index in [9.17, 15) is 0 Å². The summed E-state index contributed by atoms with van der Waals surface area (Å²) in [5, 5.41) is 0. The van der Waals surface area contributed by atoms with Gasteiger partial charge in [-0.3, -0.25) is 0 Å². The van der Waals surface area contributed by atoms with Crippen molar-refractivity contribution >= 4 is 0 Å². The monoisotopic (exact) mass is 321 g/mol. The lowest BCUT2D eigenvalue weighted by atomic mass is 10.1. The molecule has 0 aromatic rings. The molecule has 0 radical (unpaired) electrons. The lowest BCUT2D eigenvalue weighted by Crippen LogP contribution is -2.35. The van der Waals surface area contributed by atoms with Crippen LogP contribution < -0.4 is 0 Å². The molecule has 136 valence electrons. The van der Waals surface area contributed by atoms with Crippen LogP contribution in [0.5, 0.6) is 0 Å². The first-order valence-corrected chi connectivity index (χ1v) is 10.5. The quantitative estimate of drug-likeness (QED) is 0.246. The van der Waals surface area contributed by atoms with Gasteiger partial charge in [-0.25, -0.2) is 0 Å². The van der Waals surface area contributed by atoms with Gasteiger partial charge in [0.15, 0.2) is 0 Å². The molecule has 1 aliphatic carbocycles. The van der Waals surface area contributed by atoms with Gasteiger partial charge in [-0.05, 0) is 70.9 Å². The van der Waals surface area contributed by atoms with Gasteiger partial charge in [0.25, 0.3) is 0 Å². The molecule has 0 spiro atoms. The summed E-state index contributed by atoms with van der Waals surface area (Å²) in [7, 11) is 0. The standard InChI is InChI=1S/C22H43N/c1-5-6-7-12-17-23(22-16-15-21(4)19-22)18-13-10-8-9-11-14-20(2)3/h21-22H,2,5-19H2,1,3-4H3. The van der Waals surface area contributed by atoms with Gasteiger partial charge in [-0.15, -0.1) is 6.58 Å². The van der Waals surface area contributed by atoms with Gasteiger partial charge in [0.1, 0.15) is 0 Å². The summed E-state index contributed by atoms with van der Waals surface area (Å²) in [6.45, 7) is 13.6. The highest BCUT2D eigenvalue weighted by Gasteiger charge is 2.26. The van der Waals surface area contributed by atoms with E-state index < -0.39 is 0 Å². The van der Waals surface area contributed by atoms with Crippen molar-refractivity contribution in [3.05, 3.63) is 12.2 Å². The van der Waals surface area contributed by atoms with Crippen LogP contribution in [0.25, 0.3) is 0 Å². The lowest BCUT2D eigenvalue weighted by Gasteiger charge is -2.29. The van der Waals surface area contributed by atoms with Crippen LogP contribution in [-0.4, -0.2) is 24.0 Å². The average molecular weight is 322 g/mol. The van der Waals surface area contributed by atoms with Crippen molar-refractivity contribution in [3.8, 4) is 0 Å². The first-order valence-electron chi connectivity index (χ1n) is 10.5. The van der Waals surface area contributed by atoms with Crippen molar-refractivity contribution in [3.63, 3.8) is 0 Å². The molecule has 1 aliphatic rings. The number of unbranched alkanes of at least 4 members (excludes halogenated alkanes) is 7. The topological polar surface area (TPSA) is 3.24 Å². The van der Waals surface area contributed by atoms with Crippen molar-refractivity contribution in [2.45, 2.75) is 110 Å². The molecule has 0 amide bonds. The van der Waals surface area contributed by atoms with E-state index in [0.717, 1.165) is 12.0 Å². The van der Waals surface area contributed by atoms with Gasteiger partial charge in [-0.2, -0.15) is 0 Å². The Labute approximate surface area is 146 Å². The summed E-state index contributed by atoms with van der Waals surface area (Å²) in [6.07, 6.45) is 18.2. The molecule has 23 heavy (non-hydrogen) atoms. The Morgan fingerprint density at radius 1 is 0.913 bits per heavy atom. The average Bonchev–Trinajstić information content (AvgIpc) is 2.94. The van der Waals surface area contributed by atoms with Crippen LogP contribution in [0.4, 0.5) is 0 Å². The van der Waals surface area contributed by atoms with Gasteiger partial charge in [-0.1, -0.05) is 57.9 Å². The van der Waals surface area contributed by atoms with Crippen LogP contribution in [0.2, 0.25) is 0 Å². The summed E-state index contributed by atoms with van der Waals surface area (Å²) in [5.74, 6) is 0.959. The summed E-state index contributed by atoms with van der Waals surface area (Å²) in [6, 6.07) is 0.898. The third-order valence-electron chi connectivity index (χ3n) is 5.53. The largest absolute Gasteiger partial charge is 0.300 e. The maximum atomic E-state index is 4.00. The van der Waals surface area contributed by atoms with Crippen LogP contribution in [0.1, 0.15) is 104 Å². The third-order valence-corrected chi connectivity index (χ3v) is 5.53. The zero-order valence-electron chi connectivity index (χ0n) is 16.4. The van der Waals surface area contributed by atoms with Crippen LogP contribution in [0.3, 0.4) is 0 Å². The SMILES string of the molecule is C=C(C)CCCCCCCN(CCCCCC)C1CCC(C)C1. The Morgan fingerprint density at radius 2 is 1.52 bits per heavy atom. The van der Waals surface area contributed by atoms with Gasteiger partial charge >= 0.3 is 0 Å². The summed E-state index contributed by atoms with van der Waals surface area (Å²) in [5.41, 5.74) is 1.35. The fraction of sp³-hybridized carbons (Fsp3) is 0.909. The van der Waals surface area contributed by atoms with Crippen LogP contribution in [-0.2, 0) is 0 Å². The molecule has 0 aromatic heterocycles. The predicted molar refractivity (Wildman–Crippen MR) is 105 cm³/mol. The van der Waals surface area contributed by atoms with Crippen LogP contribution in [0, 0.1) is 5.92 Å². The fourth-order valence-corrected chi connectivity index (χ4v) is 4.00. The second kappa shape index (κ2) is 13.0. The number of hydrogen-bond donors (Lipinski definition) is 0. The van der Waals surface area contributed by atoms with Crippen molar-refractivity contribution in [2.75, 3.05) is 13.1 Å². The Balaban J connectivity index is 2.17. The maximum Gasteiger partial charge on any atom is 0.00978 e. The smallest absolute Gasteiger partial charge is 0.00978 e. The fourth-order valence-electron chi connectivity index (χ4n) is 4.00. The molecule has 2 atom stereocenters. The zero-order chi connectivity index (χ0) is 16.9. The second-order valence-corrected chi connectivity index (χ2v) is 8.14. The Hall–Kier alpha value is -0.300. The van der Waals surface area contributed by atoms with Gasteiger partial charge in [0, 0.05) is 6.04 Å². The minimum atomic E-state index is 0.898. The minimum Gasteiger partial charge on any atom is -0.300 e. The first kappa shape index (κ1) is 20.7. The number of nitrogens with zero attached hydrogens (tertiary/aromatic N) is 1. The Morgan fingerprint density at radius 3 is 2.09 bits per heavy atom. The van der Waals surface area contributed by atoms with Crippen LogP contribution >= 0.6 is 0 Å². The molecule has 0 aromatic carbocycles. The number of hydrogen-bond acceptors (Lipinski definition) is 1. The van der Waals surface area contributed by atoms with Crippen molar-refractivity contribution in [1.82, 2.24) is 4.90 Å². The molecule has 0 bridgehead atoms.